The van der Waals surface area contributed by atoms with E-state index in [1.807, 2.05) is 6.07 Å². The summed E-state index contributed by atoms with van der Waals surface area (Å²) in [6.07, 6.45) is 0. The van der Waals surface area contributed by atoms with Crippen molar-refractivity contribution in [3.63, 3.8) is 0 Å². The summed E-state index contributed by atoms with van der Waals surface area (Å²) in [7, 11) is 0. The lowest BCUT2D eigenvalue weighted by Crippen LogP contribution is -2.16. The van der Waals surface area contributed by atoms with Gasteiger partial charge in [-0.25, -0.2) is 4.79 Å². The normalized spacial score (nSPS) is 10.0. The molecule has 2 aromatic rings. The van der Waals surface area contributed by atoms with Gasteiger partial charge in [-0.15, -0.1) is 0 Å². The maximum Gasteiger partial charge on any atom is 0.344 e. The molecule has 0 spiro atoms. The van der Waals surface area contributed by atoms with E-state index in [1.165, 1.54) is 18.2 Å². The standard InChI is InChI=1S/C19H16ClNO4/c1-3-24-18(22)11-25-17-5-4-15(20)9-16(17)19(23)14-7-12(2)6-13(8-14)10-21/h4-9H,3,11H2,1-2H3. The van der Waals surface area contributed by atoms with Gasteiger partial charge in [0.05, 0.1) is 23.8 Å². The smallest absolute Gasteiger partial charge is 0.344 e. The van der Waals surface area contributed by atoms with Crippen LogP contribution >= 0.6 is 11.6 Å². The van der Waals surface area contributed by atoms with Gasteiger partial charge in [-0.05, 0) is 55.8 Å². The van der Waals surface area contributed by atoms with Crippen molar-refractivity contribution in [2.24, 2.45) is 0 Å². The van der Waals surface area contributed by atoms with E-state index in [9.17, 15) is 9.59 Å². The van der Waals surface area contributed by atoms with Crippen molar-refractivity contribution in [2.75, 3.05) is 13.2 Å². The Morgan fingerprint density at radius 1 is 1.20 bits per heavy atom. The highest BCUT2D eigenvalue weighted by atomic mass is 35.5. The fraction of sp³-hybridized carbons (Fsp3) is 0.211. The highest BCUT2D eigenvalue weighted by molar-refractivity contribution is 6.31. The van der Waals surface area contributed by atoms with Crippen LogP contribution < -0.4 is 4.74 Å². The molecule has 0 bridgehead atoms. The monoisotopic (exact) mass is 357 g/mol. The summed E-state index contributed by atoms with van der Waals surface area (Å²) in [4.78, 5) is 24.3. The van der Waals surface area contributed by atoms with Crippen molar-refractivity contribution < 1.29 is 19.1 Å². The minimum Gasteiger partial charge on any atom is -0.481 e. The first-order valence-corrected chi connectivity index (χ1v) is 7.97. The molecular weight excluding hydrogens is 342 g/mol. The topological polar surface area (TPSA) is 76.4 Å². The lowest BCUT2D eigenvalue weighted by atomic mass is 9.98. The van der Waals surface area contributed by atoms with Gasteiger partial charge in [0, 0.05) is 10.6 Å². The van der Waals surface area contributed by atoms with Gasteiger partial charge in [0.25, 0.3) is 0 Å². The maximum atomic E-state index is 12.8. The van der Waals surface area contributed by atoms with Crippen LogP contribution in [0.15, 0.2) is 36.4 Å². The van der Waals surface area contributed by atoms with E-state index in [0.29, 0.717) is 16.1 Å². The van der Waals surface area contributed by atoms with Crippen molar-refractivity contribution in [3.8, 4) is 11.8 Å². The number of rotatable bonds is 6. The summed E-state index contributed by atoms with van der Waals surface area (Å²) in [6.45, 7) is 3.43. The molecule has 0 aliphatic carbocycles. The van der Waals surface area contributed by atoms with Crippen LogP contribution in [-0.2, 0) is 9.53 Å². The molecular formula is C19H16ClNO4. The van der Waals surface area contributed by atoms with Crippen LogP contribution in [0.4, 0.5) is 0 Å². The fourth-order valence-electron chi connectivity index (χ4n) is 2.28. The van der Waals surface area contributed by atoms with Crippen LogP contribution in [0.2, 0.25) is 5.02 Å². The minimum absolute atomic E-state index is 0.214. The predicted octanol–water partition coefficient (Wildman–Crippen LogP) is 3.69. The molecule has 25 heavy (non-hydrogen) atoms. The highest BCUT2D eigenvalue weighted by Crippen LogP contribution is 2.26. The van der Waals surface area contributed by atoms with Gasteiger partial charge in [-0.1, -0.05) is 11.6 Å². The number of nitrogens with zero attached hydrogens (tertiary/aromatic N) is 1. The second kappa shape index (κ2) is 8.32. The van der Waals surface area contributed by atoms with Crippen LogP contribution in [-0.4, -0.2) is 25.0 Å². The zero-order valence-corrected chi connectivity index (χ0v) is 14.6. The van der Waals surface area contributed by atoms with Crippen molar-refractivity contribution in [1.82, 2.24) is 0 Å². The van der Waals surface area contributed by atoms with E-state index in [4.69, 9.17) is 26.3 Å². The molecule has 6 heteroatoms. The second-order valence-electron chi connectivity index (χ2n) is 5.26. The Morgan fingerprint density at radius 3 is 2.64 bits per heavy atom. The minimum atomic E-state index is -0.529. The molecule has 0 heterocycles. The van der Waals surface area contributed by atoms with Crippen LogP contribution in [0.5, 0.6) is 5.75 Å². The summed E-state index contributed by atoms with van der Waals surface area (Å²) in [5.74, 6) is -0.651. The van der Waals surface area contributed by atoms with Gasteiger partial charge in [0.15, 0.2) is 12.4 Å². The Labute approximate surface area is 150 Å². The lowest BCUT2D eigenvalue weighted by Gasteiger charge is -2.11. The number of aryl methyl sites for hydroxylation is 1. The first-order chi connectivity index (χ1) is 11.9. The highest BCUT2D eigenvalue weighted by Gasteiger charge is 2.17. The zero-order chi connectivity index (χ0) is 18.4. The predicted molar refractivity (Wildman–Crippen MR) is 92.9 cm³/mol. The van der Waals surface area contributed by atoms with Crippen molar-refractivity contribution in [3.05, 3.63) is 63.7 Å². The number of benzene rings is 2. The average molecular weight is 358 g/mol. The molecule has 0 aliphatic heterocycles. The third kappa shape index (κ3) is 4.82. The molecule has 0 aliphatic rings. The van der Waals surface area contributed by atoms with Gasteiger partial charge >= 0.3 is 5.97 Å². The first-order valence-electron chi connectivity index (χ1n) is 7.59. The molecule has 0 saturated heterocycles. The summed E-state index contributed by atoms with van der Waals surface area (Å²) in [5, 5.41) is 9.44. The molecule has 0 unspecified atom stereocenters. The number of hydrogen-bond acceptors (Lipinski definition) is 5. The zero-order valence-electron chi connectivity index (χ0n) is 13.8. The van der Waals surface area contributed by atoms with Crippen LogP contribution in [0.3, 0.4) is 0 Å². The molecule has 0 atom stereocenters. The van der Waals surface area contributed by atoms with Crippen molar-refractivity contribution in [2.45, 2.75) is 13.8 Å². The number of carbonyl (C=O) groups excluding carboxylic acids is 2. The van der Waals surface area contributed by atoms with Gasteiger partial charge in [-0.2, -0.15) is 5.26 Å². The molecule has 0 aromatic heterocycles. The van der Waals surface area contributed by atoms with E-state index < -0.39 is 5.97 Å². The molecule has 0 amide bonds. The number of hydrogen-bond donors (Lipinski definition) is 0. The third-order valence-electron chi connectivity index (χ3n) is 3.31. The number of ketones is 1. The van der Waals surface area contributed by atoms with E-state index >= 15 is 0 Å². The Morgan fingerprint density at radius 2 is 1.96 bits per heavy atom. The largest absolute Gasteiger partial charge is 0.481 e. The average Bonchev–Trinajstić information content (AvgIpc) is 2.59. The molecule has 128 valence electrons. The molecule has 0 radical (unpaired) electrons. The number of nitriles is 1. The van der Waals surface area contributed by atoms with Gasteiger partial charge in [-0.3, -0.25) is 4.79 Å². The summed E-state index contributed by atoms with van der Waals surface area (Å²) in [6, 6.07) is 11.5. The van der Waals surface area contributed by atoms with E-state index in [1.54, 1.807) is 32.0 Å². The van der Waals surface area contributed by atoms with E-state index in [-0.39, 0.29) is 30.3 Å². The van der Waals surface area contributed by atoms with Gasteiger partial charge in [0.1, 0.15) is 5.75 Å². The van der Waals surface area contributed by atoms with Crippen molar-refractivity contribution in [1.29, 1.82) is 5.26 Å². The van der Waals surface area contributed by atoms with Crippen LogP contribution in [0, 0.1) is 18.3 Å². The Bertz CT molecular complexity index is 855. The molecule has 0 fully saturated rings. The summed E-state index contributed by atoms with van der Waals surface area (Å²) < 4.78 is 10.2. The fourth-order valence-corrected chi connectivity index (χ4v) is 2.45. The first kappa shape index (κ1) is 18.5. The van der Waals surface area contributed by atoms with Gasteiger partial charge in [0.2, 0.25) is 0 Å². The molecule has 5 nitrogen and oxygen atoms in total. The molecule has 0 N–H and O–H groups in total. The molecule has 2 rings (SSSR count). The third-order valence-corrected chi connectivity index (χ3v) is 3.54. The second-order valence-corrected chi connectivity index (χ2v) is 5.70. The SMILES string of the molecule is CCOC(=O)COc1ccc(Cl)cc1C(=O)c1cc(C)cc(C#N)c1. The Kier molecular flexibility index (Phi) is 6.15. The maximum absolute atomic E-state index is 12.8. The summed E-state index contributed by atoms with van der Waals surface area (Å²) in [5.41, 5.74) is 1.74. The lowest BCUT2D eigenvalue weighted by molar-refractivity contribution is -0.145. The number of ether oxygens (including phenoxy) is 2. The summed E-state index contributed by atoms with van der Waals surface area (Å²) >= 11 is 6.00. The molecule has 2 aromatic carbocycles. The Balaban J connectivity index is 2.36. The van der Waals surface area contributed by atoms with E-state index in [0.717, 1.165) is 5.56 Å². The number of carbonyl (C=O) groups is 2. The number of halogens is 1. The van der Waals surface area contributed by atoms with Crippen LogP contribution in [0.25, 0.3) is 0 Å². The van der Waals surface area contributed by atoms with Gasteiger partial charge < -0.3 is 9.47 Å². The Hall–Kier alpha value is -2.84. The van der Waals surface area contributed by atoms with Crippen molar-refractivity contribution >= 4 is 23.4 Å². The quantitative estimate of drug-likeness (QED) is 0.582. The van der Waals surface area contributed by atoms with Crippen LogP contribution in [0.1, 0.15) is 34.0 Å². The van der Waals surface area contributed by atoms with E-state index in [2.05, 4.69) is 0 Å². The number of esters is 1. The molecule has 0 saturated carbocycles.